The van der Waals surface area contributed by atoms with Gasteiger partial charge in [-0.25, -0.2) is 0 Å². The van der Waals surface area contributed by atoms with Crippen LogP contribution in [0, 0.1) is 0 Å². The van der Waals surface area contributed by atoms with Crippen molar-refractivity contribution in [1.82, 2.24) is 9.80 Å². The Bertz CT molecular complexity index is 456. The van der Waals surface area contributed by atoms with Gasteiger partial charge in [0, 0.05) is 40.9 Å². The fourth-order valence-electron chi connectivity index (χ4n) is 1.95. The summed E-state index contributed by atoms with van der Waals surface area (Å²) in [4.78, 5) is 27.5. The highest BCUT2D eigenvalue weighted by molar-refractivity contribution is 6.34. The van der Waals surface area contributed by atoms with E-state index in [2.05, 4.69) is 0 Å². The number of ether oxygens (including phenoxy) is 2. The highest BCUT2D eigenvalue weighted by Crippen LogP contribution is 2.04. The summed E-state index contributed by atoms with van der Waals surface area (Å²) in [6.07, 6.45) is 0. The summed E-state index contributed by atoms with van der Waals surface area (Å²) in [5.74, 6) is -1.07. The number of hydrogen-bond acceptors (Lipinski definition) is 4. The van der Waals surface area contributed by atoms with Crippen LogP contribution in [0.25, 0.3) is 0 Å². The molecule has 0 aliphatic heterocycles. The molecule has 0 aromatic heterocycles. The van der Waals surface area contributed by atoms with Crippen molar-refractivity contribution < 1.29 is 19.1 Å². The van der Waals surface area contributed by atoms with Crippen LogP contribution in [-0.2, 0) is 25.6 Å². The second kappa shape index (κ2) is 9.92. The van der Waals surface area contributed by atoms with Gasteiger partial charge in [-0.05, 0) is 5.56 Å². The average molecular weight is 308 g/mol. The molecule has 0 fully saturated rings. The van der Waals surface area contributed by atoms with E-state index in [0.29, 0.717) is 32.8 Å². The Morgan fingerprint density at radius 2 is 1.50 bits per heavy atom. The molecular weight excluding hydrogens is 284 g/mol. The summed E-state index contributed by atoms with van der Waals surface area (Å²) >= 11 is 0. The Hall–Kier alpha value is -1.92. The van der Waals surface area contributed by atoms with Crippen LogP contribution in [0.4, 0.5) is 0 Å². The average Bonchev–Trinajstić information content (AvgIpc) is 2.54. The van der Waals surface area contributed by atoms with Gasteiger partial charge in [0.2, 0.25) is 0 Å². The third kappa shape index (κ3) is 5.83. The van der Waals surface area contributed by atoms with Gasteiger partial charge in [0.1, 0.15) is 0 Å². The van der Waals surface area contributed by atoms with Gasteiger partial charge in [-0.1, -0.05) is 30.3 Å². The van der Waals surface area contributed by atoms with Crippen molar-refractivity contribution in [3.63, 3.8) is 0 Å². The minimum Gasteiger partial charge on any atom is -0.383 e. The maximum Gasteiger partial charge on any atom is 0.312 e. The lowest BCUT2D eigenvalue weighted by Gasteiger charge is -2.24. The van der Waals surface area contributed by atoms with Gasteiger partial charge in [-0.15, -0.1) is 0 Å². The summed E-state index contributed by atoms with van der Waals surface area (Å²) in [6, 6.07) is 9.55. The zero-order chi connectivity index (χ0) is 16.4. The van der Waals surface area contributed by atoms with Crippen LogP contribution < -0.4 is 0 Å². The molecule has 1 aromatic carbocycles. The van der Waals surface area contributed by atoms with Crippen LogP contribution in [0.2, 0.25) is 0 Å². The van der Waals surface area contributed by atoms with E-state index in [1.807, 2.05) is 30.3 Å². The molecular formula is C16H24N2O4. The fraction of sp³-hybridized carbons (Fsp3) is 0.500. The summed E-state index contributed by atoms with van der Waals surface area (Å²) in [5.41, 5.74) is 0.978. The molecule has 0 heterocycles. The van der Waals surface area contributed by atoms with Crippen molar-refractivity contribution in [2.45, 2.75) is 6.54 Å². The number of nitrogens with zero attached hydrogens (tertiary/aromatic N) is 2. The monoisotopic (exact) mass is 308 g/mol. The molecule has 1 rings (SSSR count). The molecule has 0 unspecified atom stereocenters. The van der Waals surface area contributed by atoms with E-state index in [9.17, 15) is 9.59 Å². The summed E-state index contributed by atoms with van der Waals surface area (Å²) in [6.45, 7) is 1.89. The smallest absolute Gasteiger partial charge is 0.312 e. The van der Waals surface area contributed by atoms with Crippen molar-refractivity contribution in [2.75, 3.05) is 47.6 Å². The number of rotatable bonds is 8. The van der Waals surface area contributed by atoms with Crippen LogP contribution >= 0.6 is 0 Å². The van der Waals surface area contributed by atoms with E-state index in [-0.39, 0.29) is 0 Å². The number of likely N-dealkylation sites (N-methyl/N-ethyl adjacent to an activating group) is 1. The van der Waals surface area contributed by atoms with E-state index < -0.39 is 11.8 Å². The van der Waals surface area contributed by atoms with Crippen LogP contribution in [0.3, 0.4) is 0 Å². The SMILES string of the molecule is COCCN(CCOC)C(=O)C(=O)N(C)Cc1ccccc1. The van der Waals surface area contributed by atoms with Gasteiger partial charge in [-0.2, -0.15) is 0 Å². The zero-order valence-electron chi connectivity index (χ0n) is 13.4. The molecule has 22 heavy (non-hydrogen) atoms. The number of carbonyl (C=O) groups is 2. The molecule has 0 atom stereocenters. The molecule has 0 aliphatic carbocycles. The largest absolute Gasteiger partial charge is 0.383 e. The van der Waals surface area contributed by atoms with Crippen LogP contribution in [0.15, 0.2) is 30.3 Å². The number of amides is 2. The van der Waals surface area contributed by atoms with Gasteiger partial charge in [0.05, 0.1) is 13.2 Å². The molecule has 6 nitrogen and oxygen atoms in total. The van der Waals surface area contributed by atoms with E-state index in [0.717, 1.165) is 5.56 Å². The van der Waals surface area contributed by atoms with Crippen molar-refractivity contribution in [2.24, 2.45) is 0 Å². The fourth-order valence-corrected chi connectivity index (χ4v) is 1.95. The quantitative estimate of drug-likeness (QED) is 0.666. The minimum absolute atomic E-state index is 0.365. The van der Waals surface area contributed by atoms with E-state index in [1.54, 1.807) is 21.3 Å². The summed E-state index contributed by atoms with van der Waals surface area (Å²) in [5, 5.41) is 0. The molecule has 2 amide bonds. The van der Waals surface area contributed by atoms with Gasteiger partial charge >= 0.3 is 11.8 Å². The Balaban J connectivity index is 2.64. The van der Waals surface area contributed by atoms with Crippen molar-refractivity contribution in [3.8, 4) is 0 Å². The second-order valence-electron chi connectivity index (χ2n) is 4.92. The molecule has 0 spiro atoms. The standard InChI is InChI=1S/C16H24N2O4/c1-17(13-14-7-5-4-6-8-14)15(19)16(20)18(9-11-21-2)10-12-22-3/h4-8H,9-13H2,1-3H3. The minimum atomic E-state index is -0.535. The van der Waals surface area contributed by atoms with Crippen LogP contribution in [0.1, 0.15) is 5.56 Å². The summed E-state index contributed by atoms with van der Waals surface area (Å²) < 4.78 is 9.96. The molecule has 0 radical (unpaired) electrons. The molecule has 0 aliphatic rings. The highest BCUT2D eigenvalue weighted by Gasteiger charge is 2.24. The lowest BCUT2D eigenvalue weighted by molar-refractivity contribution is -0.152. The van der Waals surface area contributed by atoms with Crippen molar-refractivity contribution in [3.05, 3.63) is 35.9 Å². The lowest BCUT2D eigenvalue weighted by atomic mass is 10.2. The van der Waals surface area contributed by atoms with Gasteiger partial charge in [0.25, 0.3) is 0 Å². The molecule has 0 saturated carbocycles. The lowest BCUT2D eigenvalue weighted by Crippen LogP contribution is -2.46. The van der Waals surface area contributed by atoms with Crippen molar-refractivity contribution >= 4 is 11.8 Å². The van der Waals surface area contributed by atoms with Crippen molar-refractivity contribution in [1.29, 1.82) is 0 Å². The number of benzene rings is 1. The third-order valence-electron chi connectivity index (χ3n) is 3.21. The Labute approximate surface area is 131 Å². The molecule has 0 bridgehead atoms. The highest BCUT2D eigenvalue weighted by atomic mass is 16.5. The first-order valence-electron chi connectivity index (χ1n) is 7.16. The third-order valence-corrected chi connectivity index (χ3v) is 3.21. The van der Waals surface area contributed by atoms with Crippen LogP contribution in [0.5, 0.6) is 0 Å². The Morgan fingerprint density at radius 1 is 0.955 bits per heavy atom. The van der Waals surface area contributed by atoms with Gasteiger partial charge < -0.3 is 19.3 Å². The number of methoxy groups -OCH3 is 2. The molecule has 0 N–H and O–H groups in total. The maximum atomic E-state index is 12.3. The number of carbonyl (C=O) groups excluding carboxylic acids is 2. The van der Waals surface area contributed by atoms with E-state index >= 15 is 0 Å². The van der Waals surface area contributed by atoms with E-state index in [4.69, 9.17) is 9.47 Å². The first kappa shape index (κ1) is 18.1. The van der Waals surface area contributed by atoms with Gasteiger partial charge in [0.15, 0.2) is 0 Å². The Kier molecular flexibility index (Phi) is 8.17. The summed E-state index contributed by atoms with van der Waals surface area (Å²) in [7, 11) is 4.74. The van der Waals surface area contributed by atoms with Gasteiger partial charge in [-0.3, -0.25) is 9.59 Å². The predicted octanol–water partition coefficient (Wildman–Crippen LogP) is 0.766. The molecule has 122 valence electrons. The number of hydrogen-bond donors (Lipinski definition) is 0. The van der Waals surface area contributed by atoms with E-state index in [1.165, 1.54) is 9.80 Å². The second-order valence-corrected chi connectivity index (χ2v) is 4.92. The normalized spacial score (nSPS) is 10.3. The first-order chi connectivity index (χ1) is 10.6. The molecule has 6 heteroatoms. The topological polar surface area (TPSA) is 59.1 Å². The Morgan fingerprint density at radius 3 is 2.00 bits per heavy atom. The molecule has 0 saturated heterocycles. The zero-order valence-corrected chi connectivity index (χ0v) is 13.4. The first-order valence-corrected chi connectivity index (χ1v) is 7.16. The van der Waals surface area contributed by atoms with Crippen LogP contribution in [-0.4, -0.2) is 69.2 Å². The molecule has 1 aromatic rings. The maximum absolute atomic E-state index is 12.3. The predicted molar refractivity (Wildman–Crippen MR) is 83.2 cm³/mol.